The lowest BCUT2D eigenvalue weighted by atomic mass is 10.4. The summed E-state index contributed by atoms with van der Waals surface area (Å²) in [5, 5.41) is 0.511. The second-order valence-electron chi connectivity index (χ2n) is 3.07. The summed E-state index contributed by atoms with van der Waals surface area (Å²) < 4.78 is 28.5. The normalized spacial score (nSPS) is 11.6. The van der Waals surface area contributed by atoms with Gasteiger partial charge in [-0.15, -0.1) is 11.6 Å². The molecule has 6 heteroatoms. The Morgan fingerprint density at radius 2 is 1.75 bits per heavy atom. The number of hydrogen-bond acceptors (Lipinski definition) is 3. The predicted molar refractivity (Wildman–Crippen MR) is 65.0 cm³/mol. The molecule has 1 aromatic rings. The van der Waals surface area contributed by atoms with Crippen LogP contribution >= 0.6 is 23.2 Å². The SMILES string of the molecule is O=S(=O)(CCOCCCl)c1ccc(Cl)cc1. The molecule has 0 saturated heterocycles. The van der Waals surface area contributed by atoms with Crippen LogP contribution in [0.2, 0.25) is 5.02 Å². The first-order valence-electron chi connectivity index (χ1n) is 4.68. The van der Waals surface area contributed by atoms with Crippen molar-refractivity contribution >= 4 is 33.0 Å². The summed E-state index contributed by atoms with van der Waals surface area (Å²) >= 11 is 11.1. The number of ether oxygens (including phenoxy) is 1. The molecule has 0 heterocycles. The zero-order chi connectivity index (χ0) is 12.0. The Morgan fingerprint density at radius 3 is 2.31 bits per heavy atom. The molecule has 0 bridgehead atoms. The molecule has 90 valence electrons. The van der Waals surface area contributed by atoms with E-state index in [0.29, 0.717) is 17.5 Å². The molecule has 0 N–H and O–H groups in total. The minimum Gasteiger partial charge on any atom is -0.379 e. The summed E-state index contributed by atoms with van der Waals surface area (Å²) in [6, 6.07) is 6.07. The van der Waals surface area contributed by atoms with Crippen LogP contribution in [0.1, 0.15) is 0 Å². The minimum absolute atomic E-state index is 0.0501. The molecule has 0 fully saturated rings. The van der Waals surface area contributed by atoms with Crippen molar-refractivity contribution in [1.29, 1.82) is 0 Å². The third kappa shape index (κ3) is 4.29. The fourth-order valence-electron chi connectivity index (χ4n) is 1.09. The van der Waals surface area contributed by atoms with Gasteiger partial charge in [0.25, 0.3) is 0 Å². The van der Waals surface area contributed by atoms with E-state index in [-0.39, 0.29) is 17.3 Å². The molecule has 0 amide bonds. The number of alkyl halides is 1. The largest absolute Gasteiger partial charge is 0.379 e. The van der Waals surface area contributed by atoms with Crippen LogP contribution in [0, 0.1) is 0 Å². The Bertz CT molecular complexity index is 414. The maximum atomic E-state index is 11.8. The van der Waals surface area contributed by atoms with Gasteiger partial charge in [-0.25, -0.2) is 8.42 Å². The summed E-state index contributed by atoms with van der Waals surface area (Å²) in [5.41, 5.74) is 0. The van der Waals surface area contributed by atoms with E-state index in [9.17, 15) is 8.42 Å². The van der Waals surface area contributed by atoms with Crippen molar-refractivity contribution in [3.8, 4) is 0 Å². The lowest BCUT2D eigenvalue weighted by Gasteiger charge is -2.04. The Kier molecular flexibility index (Phi) is 5.55. The van der Waals surface area contributed by atoms with Gasteiger partial charge >= 0.3 is 0 Å². The fourth-order valence-corrected chi connectivity index (χ4v) is 2.44. The van der Waals surface area contributed by atoms with Crippen LogP contribution in [0.25, 0.3) is 0 Å². The van der Waals surface area contributed by atoms with Gasteiger partial charge in [0, 0.05) is 10.9 Å². The Hall–Kier alpha value is -0.290. The number of sulfone groups is 1. The van der Waals surface area contributed by atoms with E-state index in [4.69, 9.17) is 27.9 Å². The zero-order valence-electron chi connectivity index (χ0n) is 8.53. The number of rotatable bonds is 6. The highest BCUT2D eigenvalue weighted by atomic mass is 35.5. The summed E-state index contributed by atoms with van der Waals surface area (Å²) in [6.45, 7) is 0.509. The van der Waals surface area contributed by atoms with E-state index in [0.717, 1.165) is 0 Å². The van der Waals surface area contributed by atoms with Crippen LogP contribution in [0.3, 0.4) is 0 Å². The van der Waals surface area contributed by atoms with E-state index in [1.54, 1.807) is 12.1 Å². The first-order valence-corrected chi connectivity index (χ1v) is 7.25. The molecule has 0 saturated carbocycles. The number of halogens is 2. The van der Waals surface area contributed by atoms with Crippen LogP contribution in [-0.2, 0) is 14.6 Å². The fraction of sp³-hybridized carbons (Fsp3) is 0.400. The van der Waals surface area contributed by atoms with Crippen molar-refractivity contribution in [1.82, 2.24) is 0 Å². The third-order valence-corrected chi connectivity index (χ3v) is 3.99. The molecule has 0 unspecified atom stereocenters. The van der Waals surface area contributed by atoms with Crippen molar-refractivity contribution in [2.24, 2.45) is 0 Å². The van der Waals surface area contributed by atoms with Crippen molar-refractivity contribution < 1.29 is 13.2 Å². The zero-order valence-corrected chi connectivity index (χ0v) is 10.9. The molecular formula is C10H12Cl2O3S. The van der Waals surface area contributed by atoms with E-state index >= 15 is 0 Å². The maximum Gasteiger partial charge on any atom is 0.180 e. The van der Waals surface area contributed by atoms with Gasteiger partial charge in [-0.1, -0.05) is 11.6 Å². The Labute approximate surface area is 105 Å². The summed E-state index contributed by atoms with van der Waals surface area (Å²) in [7, 11) is -3.28. The van der Waals surface area contributed by atoms with Crippen LogP contribution in [0.4, 0.5) is 0 Å². The van der Waals surface area contributed by atoms with Crippen LogP contribution in [-0.4, -0.2) is 33.3 Å². The van der Waals surface area contributed by atoms with Crippen molar-refractivity contribution in [3.63, 3.8) is 0 Å². The number of hydrogen-bond donors (Lipinski definition) is 0. The van der Waals surface area contributed by atoms with E-state index in [2.05, 4.69) is 0 Å². The summed E-state index contributed by atoms with van der Waals surface area (Å²) in [6.07, 6.45) is 0. The average molecular weight is 283 g/mol. The molecule has 0 aliphatic carbocycles. The summed E-state index contributed by atoms with van der Waals surface area (Å²) in [4.78, 5) is 0.256. The van der Waals surface area contributed by atoms with Gasteiger partial charge in [0.15, 0.2) is 9.84 Å². The van der Waals surface area contributed by atoms with Gasteiger partial charge in [-0.2, -0.15) is 0 Å². The quantitative estimate of drug-likeness (QED) is 0.594. The molecule has 0 atom stereocenters. The van der Waals surface area contributed by atoms with Crippen molar-refractivity contribution in [2.75, 3.05) is 24.8 Å². The topological polar surface area (TPSA) is 43.4 Å². The molecule has 16 heavy (non-hydrogen) atoms. The van der Waals surface area contributed by atoms with Gasteiger partial charge in [-0.05, 0) is 24.3 Å². The summed E-state index contributed by atoms with van der Waals surface area (Å²) in [5.74, 6) is 0.312. The molecule has 1 rings (SSSR count). The number of benzene rings is 1. The highest BCUT2D eigenvalue weighted by Gasteiger charge is 2.13. The van der Waals surface area contributed by atoms with Crippen molar-refractivity contribution in [3.05, 3.63) is 29.3 Å². The van der Waals surface area contributed by atoms with Crippen LogP contribution in [0.5, 0.6) is 0 Å². The van der Waals surface area contributed by atoms with E-state index < -0.39 is 9.84 Å². The molecule has 3 nitrogen and oxygen atoms in total. The Morgan fingerprint density at radius 1 is 1.12 bits per heavy atom. The van der Waals surface area contributed by atoms with Gasteiger partial charge in [0.1, 0.15) is 0 Å². The van der Waals surface area contributed by atoms with Gasteiger partial charge in [0.2, 0.25) is 0 Å². The standard InChI is InChI=1S/C10H12Cl2O3S/c11-5-6-15-7-8-16(13,14)10-3-1-9(12)2-4-10/h1-4H,5-8H2. The van der Waals surface area contributed by atoms with Crippen LogP contribution in [0.15, 0.2) is 29.2 Å². The average Bonchev–Trinajstić information content (AvgIpc) is 2.25. The van der Waals surface area contributed by atoms with E-state index in [1.165, 1.54) is 12.1 Å². The second-order valence-corrected chi connectivity index (χ2v) is 6.00. The third-order valence-electron chi connectivity index (χ3n) is 1.89. The van der Waals surface area contributed by atoms with Gasteiger partial charge in [-0.3, -0.25) is 0 Å². The Balaban J connectivity index is 2.60. The van der Waals surface area contributed by atoms with Gasteiger partial charge in [0.05, 0.1) is 23.9 Å². The maximum absolute atomic E-state index is 11.8. The molecule has 0 spiro atoms. The first-order chi connectivity index (χ1) is 7.56. The molecule has 0 radical (unpaired) electrons. The lowest BCUT2D eigenvalue weighted by molar-refractivity contribution is 0.165. The smallest absolute Gasteiger partial charge is 0.180 e. The molecule has 0 aromatic heterocycles. The highest BCUT2D eigenvalue weighted by molar-refractivity contribution is 7.91. The molecule has 1 aromatic carbocycles. The van der Waals surface area contributed by atoms with Gasteiger partial charge < -0.3 is 4.74 Å². The minimum atomic E-state index is -3.28. The van der Waals surface area contributed by atoms with Crippen molar-refractivity contribution in [2.45, 2.75) is 4.90 Å². The lowest BCUT2D eigenvalue weighted by Crippen LogP contribution is -2.13. The molecular weight excluding hydrogens is 271 g/mol. The predicted octanol–water partition coefficient (Wildman–Crippen LogP) is 2.37. The first kappa shape index (κ1) is 13.8. The van der Waals surface area contributed by atoms with Crippen LogP contribution < -0.4 is 0 Å². The molecule has 0 aliphatic heterocycles. The second kappa shape index (κ2) is 6.45. The molecule has 0 aliphatic rings. The monoisotopic (exact) mass is 282 g/mol. The highest BCUT2D eigenvalue weighted by Crippen LogP contribution is 2.15. The van der Waals surface area contributed by atoms with E-state index in [1.807, 2.05) is 0 Å².